The predicted octanol–water partition coefficient (Wildman–Crippen LogP) is 0.781. The normalized spacial score (nSPS) is 10.6. The summed E-state index contributed by atoms with van der Waals surface area (Å²) < 4.78 is 5.24. The van der Waals surface area contributed by atoms with Gasteiger partial charge in [-0.15, -0.1) is 0 Å². The first-order valence-electron chi connectivity index (χ1n) is 5.64. The van der Waals surface area contributed by atoms with Crippen molar-refractivity contribution in [2.24, 2.45) is 0 Å². The van der Waals surface area contributed by atoms with Crippen molar-refractivity contribution in [3.8, 4) is 0 Å². The Kier molecular flexibility index (Phi) is 3.31. The average molecular weight is 249 g/mol. The molecule has 0 spiro atoms. The highest BCUT2D eigenvalue weighted by molar-refractivity contribution is 5.97. The molecule has 0 aliphatic heterocycles. The zero-order valence-corrected chi connectivity index (χ0v) is 10.3. The van der Waals surface area contributed by atoms with Crippen LogP contribution in [0.3, 0.4) is 0 Å². The minimum atomic E-state index is -0.348. The molecule has 0 bridgehead atoms. The second-order valence-electron chi connectivity index (χ2n) is 3.87. The summed E-state index contributed by atoms with van der Waals surface area (Å²) in [4.78, 5) is 15.8. The highest BCUT2D eigenvalue weighted by atomic mass is 16.4. The summed E-state index contributed by atoms with van der Waals surface area (Å²) in [6.45, 7) is 3.93. The van der Waals surface area contributed by atoms with Crippen LogP contribution in [-0.4, -0.2) is 21.1 Å². The Morgan fingerprint density at radius 1 is 1.61 bits per heavy atom. The summed E-state index contributed by atoms with van der Waals surface area (Å²) in [6, 6.07) is 0. The lowest BCUT2D eigenvalue weighted by molar-refractivity contribution is 0.0943. The molecule has 4 N–H and O–H groups in total. The van der Waals surface area contributed by atoms with Gasteiger partial charge in [0.1, 0.15) is 5.76 Å². The highest BCUT2D eigenvalue weighted by Crippen LogP contribution is 2.14. The minimum absolute atomic E-state index is 0.204. The third-order valence-electron chi connectivity index (χ3n) is 2.52. The summed E-state index contributed by atoms with van der Waals surface area (Å²) in [5, 5.41) is 9.27. The van der Waals surface area contributed by atoms with Gasteiger partial charge in [0.25, 0.3) is 5.91 Å². The fourth-order valence-electron chi connectivity index (χ4n) is 1.55. The first-order chi connectivity index (χ1) is 8.61. The van der Waals surface area contributed by atoms with E-state index in [1.54, 1.807) is 13.1 Å². The molecule has 0 aliphatic carbocycles. The summed E-state index contributed by atoms with van der Waals surface area (Å²) in [6.07, 6.45) is 2.30. The number of amides is 1. The number of carbonyl (C=O) groups excluding carboxylic acids is 1. The second-order valence-corrected chi connectivity index (χ2v) is 3.87. The van der Waals surface area contributed by atoms with E-state index in [0.717, 1.165) is 5.69 Å². The van der Waals surface area contributed by atoms with Crippen LogP contribution in [0.2, 0.25) is 0 Å². The number of oxazole rings is 1. The van der Waals surface area contributed by atoms with Crippen LogP contribution in [0.15, 0.2) is 10.6 Å². The number of nitrogens with one attached hydrogen (secondary N) is 2. The summed E-state index contributed by atoms with van der Waals surface area (Å²) in [7, 11) is 0. The van der Waals surface area contributed by atoms with Gasteiger partial charge in [0.05, 0.1) is 24.1 Å². The smallest absolute Gasteiger partial charge is 0.274 e. The van der Waals surface area contributed by atoms with Crippen molar-refractivity contribution in [3.05, 3.63) is 29.2 Å². The molecule has 7 nitrogen and oxygen atoms in total. The number of nitrogens with zero attached hydrogens (tertiary/aromatic N) is 2. The molecule has 18 heavy (non-hydrogen) atoms. The number of hydrogen-bond donors (Lipinski definition) is 3. The second kappa shape index (κ2) is 4.91. The summed E-state index contributed by atoms with van der Waals surface area (Å²) in [5.41, 5.74) is 7.14. The van der Waals surface area contributed by atoms with Crippen molar-refractivity contribution >= 4 is 11.6 Å². The number of aryl methyl sites for hydroxylation is 2. The maximum absolute atomic E-state index is 11.8. The number of nitrogen functional groups attached to an aromatic ring is 1. The Morgan fingerprint density at radius 2 is 2.39 bits per heavy atom. The Hall–Kier alpha value is -2.31. The van der Waals surface area contributed by atoms with Crippen LogP contribution in [0.1, 0.15) is 34.8 Å². The predicted molar refractivity (Wildman–Crippen MR) is 64.8 cm³/mol. The van der Waals surface area contributed by atoms with E-state index >= 15 is 0 Å². The van der Waals surface area contributed by atoms with E-state index < -0.39 is 0 Å². The van der Waals surface area contributed by atoms with Crippen molar-refractivity contribution in [2.45, 2.75) is 26.8 Å². The van der Waals surface area contributed by atoms with E-state index in [0.29, 0.717) is 23.8 Å². The van der Waals surface area contributed by atoms with E-state index in [1.165, 1.54) is 0 Å². The first-order valence-corrected chi connectivity index (χ1v) is 5.64. The molecule has 0 atom stereocenters. The molecule has 0 saturated heterocycles. The van der Waals surface area contributed by atoms with Crippen molar-refractivity contribution in [1.29, 1.82) is 0 Å². The summed E-state index contributed by atoms with van der Waals surface area (Å²) >= 11 is 0. The molecule has 96 valence electrons. The van der Waals surface area contributed by atoms with Gasteiger partial charge >= 0.3 is 0 Å². The van der Waals surface area contributed by atoms with Gasteiger partial charge in [-0.05, 0) is 13.3 Å². The van der Waals surface area contributed by atoms with Crippen molar-refractivity contribution < 1.29 is 9.21 Å². The van der Waals surface area contributed by atoms with E-state index in [4.69, 9.17) is 10.2 Å². The van der Waals surface area contributed by atoms with E-state index in [2.05, 4.69) is 20.5 Å². The van der Waals surface area contributed by atoms with Gasteiger partial charge in [-0.3, -0.25) is 9.89 Å². The van der Waals surface area contributed by atoms with Crippen LogP contribution < -0.4 is 11.1 Å². The monoisotopic (exact) mass is 249 g/mol. The number of hydrogen-bond acceptors (Lipinski definition) is 5. The van der Waals surface area contributed by atoms with Crippen LogP contribution in [-0.2, 0) is 13.0 Å². The van der Waals surface area contributed by atoms with Crippen LogP contribution in [0.5, 0.6) is 0 Å². The Balaban J connectivity index is 2.01. The lowest BCUT2D eigenvalue weighted by Gasteiger charge is -2.00. The molecule has 0 saturated carbocycles. The SMILES string of the molecule is CCc1[nH]nc(C(=O)NCc2ncc(C)o2)c1N. The molecule has 1 amide bonds. The fraction of sp³-hybridized carbons (Fsp3) is 0.364. The zero-order chi connectivity index (χ0) is 13.1. The number of aromatic nitrogens is 3. The third-order valence-corrected chi connectivity index (χ3v) is 2.52. The molecular weight excluding hydrogens is 234 g/mol. The first kappa shape index (κ1) is 12.2. The van der Waals surface area contributed by atoms with Crippen LogP contribution >= 0.6 is 0 Å². The van der Waals surface area contributed by atoms with Gasteiger partial charge in [-0.25, -0.2) is 4.98 Å². The van der Waals surface area contributed by atoms with Crippen molar-refractivity contribution in [2.75, 3.05) is 5.73 Å². The molecule has 0 aromatic carbocycles. The van der Waals surface area contributed by atoms with Gasteiger partial charge < -0.3 is 15.5 Å². The number of aromatic amines is 1. The fourth-order valence-corrected chi connectivity index (χ4v) is 1.55. The molecule has 0 aliphatic rings. The van der Waals surface area contributed by atoms with E-state index in [1.807, 2.05) is 6.92 Å². The molecule has 2 heterocycles. The van der Waals surface area contributed by atoms with Gasteiger partial charge in [0.2, 0.25) is 5.89 Å². The maximum Gasteiger partial charge on any atom is 0.274 e. The average Bonchev–Trinajstić information content (AvgIpc) is 2.92. The maximum atomic E-state index is 11.8. The lowest BCUT2D eigenvalue weighted by Crippen LogP contribution is -2.24. The largest absolute Gasteiger partial charge is 0.444 e. The standard InChI is InChI=1S/C11H15N5O2/c1-3-7-9(12)10(16-15-7)11(17)14-5-8-13-4-6(2)18-8/h4H,3,5,12H2,1-2H3,(H,14,17)(H,15,16). The van der Waals surface area contributed by atoms with Crippen molar-refractivity contribution in [1.82, 2.24) is 20.5 Å². The number of anilines is 1. The molecule has 7 heteroatoms. The Morgan fingerprint density at radius 3 is 2.94 bits per heavy atom. The quantitative estimate of drug-likeness (QED) is 0.741. The van der Waals surface area contributed by atoms with E-state index in [9.17, 15) is 4.79 Å². The van der Waals surface area contributed by atoms with Crippen LogP contribution in [0, 0.1) is 6.92 Å². The summed E-state index contributed by atoms with van der Waals surface area (Å²) in [5.74, 6) is 0.803. The highest BCUT2D eigenvalue weighted by Gasteiger charge is 2.16. The van der Waals surface area contributed by atoms with E-state index in [-0.39, 0.29) is 18.1 Å². The Labute approximate surface area is 104 Å². The van der Waals surface area contributed by atoms with Crippen LogP contribution in [0.25, 0.3) is 0 Å². The lowest BCUT2D eigenvalue weighted by atomic mass is 10.2. The molecule has 2 aromatic heterocycles. The molecule has 0 radical (unpaired) electrons. The number of rotatable bonds is 4. The van der Waals surface area contributed by atoms with Crippen LogP contribution in [0.4, 0.5) is 5.69 Å². The molecule has 0 fully saturated rings. The van der Waals surface area contributed by atoms with Gasteiger partial charge in [0, 0.05) is 0 Å². The van der Waals surface area contributed by atoms with Gasteiger partial charge in [-0.1, -0.05) is 6.92 Å². The zero-order valence-electron chi connectivity index (χ0n) is 10.3. The molecular formula is C11H15N5O2. The Bertz CT molecular complexity index is 558. The number of H-pyrrole nitrogens is 1. The number of nitrogens with two attached hydrogens (primary N) is 1. The minimum Gasteiger partial charge on any atom is -0.444 e. The topological polar surface area (TPSA) is 110 Å². The van der Waals surface area contributed by atoms with Gasteiger partial charge in [0.15, 0.2) is 5.69 Å². The third kappa shape index (κ3) is 2.34. The van der Waals surface area contributed by atoms with Crippen molar-refractivity contribution in [3.63, 3.8) is 0 Å². The molecule has 2 aromatic rings. The molecule has 2 rings (SSSR count). The van der Waals surface area contributed by atoms with Gasteiger partial charge in [-0.2, -0.15) is 5.10 Å². The molecule has 0 unspecified atom stereocenters. The number of carbonyl (C=O) groups is 1.